The topological polar surface area (TPSA) is 66.8 Å². The Morgan fingerprint density at radius 3 is 2.44 bits per heavy atom. The van der Waals surface area contributed by atoms with E-state index in [2.05, 4.69) is 0 Å². The van der Waals surface area contributed by atoms with Gasteiger partial charge >= 0.3 is 0 Å². The van der Waals surface area contributed by atoms with Gasteiger partial charge in [-0.15, -0.1) is 0 Å². The molecule has 90 valence electrons. The summed E-state index contributed by atoms with van der Waals surface area (Å²) >= 11 is 0. The Kier molecular flexibility index (Phi) is 3.25. The molecule has 3 atom stereocenters. The van der Waals surface area contributed by atoms with E-state index in [0.717, 1.165) is 0 Å². The summed E-state index contributed by atoms with van der Waals surface area (Å²) in [7, 11) is 0. The number of aliphatic hydroxyl groups excluding tert-OH is 1. The average Bonchev–Trinajstić information content (AvgIpc) is 2.71. The molecule has 3 unspecified atom stereocenters. The smallest absolute Gasteiger partial charge is 0.258 e. The van der Waals surface area contributed by atoms with Crippen molar-refractivity contribution in [3.8, 4) is 0 Å². The normalized spacial score (nSPS) is 31.0. The molecule has 0 radical (unpaired) electrons. The van der Waals surface area contributed by atoms with Gasteiger partial charge in [-0.3, -0.25) is 14.5 Å². The number of likely N-dealkylation sites (tertiary alicyclic amines) is 1. The molecule has 5 nitrogen and oxygen atoms in total. The van der Waals surface area contributed by atoms with Gasteiger partial charge in [0.05, 0.1) is 0 Å². The summed E-state index contributed by atoms with van der Waals surface area (Å²) in [5.41, 5.74) is 0. The maximum Gasteiger partial charge on any atom is 0.258 e. The number of rotatable bonds is 4. The zero-order valence-electron chi connectivity index (χ0n) is 9.39. The van der Waals surface area contributed by atoms with Crippen LogP contribution in [0.25, 0.3) is 0 Å². The highest BCUT2D eigenvalue weighted by Gasteiger charge is 2.47. The standard InChI is InChI=1S/C11H17NO4/c1-7(3-2-6-13)12-10(14)8-4-5-9(16-8)11(12)15/h7-9,13H,2-6H2,1H3. The fourth-order valence-electron chi connectivity index (χ4n) is 2.37. The van der Waals surface area contributed by atoms with Crippen LogP contribution < -0.4 is 0 Å². The Hall–Kier alpha value is -0.940. The number of hydrogen-bond donors (Lipinski definition) is 1. The molecule has 2 rings (SSSR count). The number of hydrogen-bond acceptors (Lipinski definition) is 4. The lowest BCUT2D eigenvalue weighted by atomic mass is 10.1. The van der Waals surface area contributed by atoms with Gasteiger partial charge in [0.1, 0.15) is 12.2 Å². The number of imide groups is 1. The highest BCUT2D eigenvalue weighted by Crippen LogP contribution is 2.30. The van der Waals surface area contributed by atoms with Crippen LogP contribution in [0.5, 0.6) is 0 Å². The second kappa shape index (κ2) is 4.51. The molecule has 16 heavy (non-hydrogen) atoms. The zero-order valence-corrected chi connectivity index (χ0v) is 9.39. The van der Waals surface area contributed by atoms with Crippen LogP contribution in [0.4, 0.5) is 0 Å². The van der Waals surface area contributed by atoms with Gasteiger partial charge in [0.15, 0.2) is 0 Å². The van der Waals surface area contributed by atoms with Gasteiger partial charge in [-0.1, -0.05) is 0 Å². The van der Waals surface area contributed by atoms with Gasteiger partial charge in [0.2, 0.25) is 0 Å². The number of aliphatic hydroxyl groups is 1. The molecule has 0 saturated carbocycles. The first kappa shape index (κ1) is 11.5. The number of fused-ring (bicyclic) bond motifs is 2. The molecule has 2 fully saturated rings. The molecule has 2 aliphatic rings. The van der Waals surface area contributed by atoms with Gasteiger partial charge in [0.25, 0.3) is 11.8 Å². The molecule has 2 amide bonds. The number of carbonyl (C=O) groups is 2. The van der Waals surface area contributed by atoms with Crippen molar-refractivity contribution in [3.63, 3.8) is 0 Å². The van der Waals surface area contributed by atoms with Crippen molar-refractivity contribution in [3.05, 3.63) is 0 Å². The van der Waals surface area contributed by atoms with Gasteiger partial charge in [-0.2, -0.15) is 0 Å². The largest absolute Gasteiger partial charge is 0.396 e. The lowest BCUT2D eigenvalue weighted by Crippen LogP contribution is -2.55. The van der Waals surface area contributed by atoms with E-state index >= 15 is 0 Å². The van der Waals surface area contributed by atoms with E-state index in [0.29, 0.717) is 25.7 Å². The molecule has 2 saturated heterocycles. The van der Waals surface area contributed by atoms with Crippen LogP contribution in [0, 0.1) is 0 Å². The van der Waals surface area contributed by atoms with Crippen LogP contribution in [0.15, 0.2) is 0 Å². The predicted octanol–water partition coefficient (Wildman–Crippen LogP) is 0.0638. The Labute approximate surface area is 94.4 Å². The summed E-state index contributed by atoms with van der Waals surface area (Å²) in [6, 6.07) is -0.140. The molecule has 1 N–H and O–H groups in total. The summed E-state index contributed by atoms with van der Waals surface area (Å²) in [5.74, 6) is -0.409. The molecule has 0 aliphatic carbocycles. The van der Waals surface area contributed by atoms with Crippen molar-refractivity contribution >= 4 is 11.8 Å². The molecule has 5 heteroatoms. The molecule has 0 aromatic heterocycles. The minimum absolute atomic E-state index is 0.0872. The van der Waals surface area contributed by atoms with E-state index in [1.807, 2.05) is 6.92 Å². The minimum Gasteiger partial charge on any atom is -0.396 e. The van der Waals surface area contributed by atoms with Crippen molar-refractivity contribution in [1.82, 2.24) is 4.90 Å². The van der Waals surface area contributed by atoms with Gasteiger partial charge < -0.3 is 9.84 Å². The van der Waals surface area contributed by atoms with Crippen LogP contribution in [0.1, 0.15) is 32.6 Å². The first-order valence-corrected chi connectivity index (χ1v) is 5.78. The predicted molar refractivity (Wildman–Crippen MR) is 55.5 cm³/mol. The molecule has 2 heterocycles. The monoisotopic (exact) mass is 227 g/mol. The quantitative estimate of drug-likeness (QED) is 0.690. The summed E-state index contributed by atoms with van der Waals surface area (Å²) in [5, 5.41) is 8.75. The SMILES string of the molecule is CC(CCCO)N1C(=O)C2CCC(O2)C1=O. The van der Waals surface area contributed by atoms with Crippen molar-refractivity contribution in [2.45, 2.75) is 50.9 Å². The van der Waals surface area contributed by atoms with Gasteiger partial charge in [-0.05, 0) is 32.6 Å². The maximum absolute atomic E-state index is 11.9. The van der Waals surface area contributed by atoms with Crippen LogP contribution >= 0.6 is 0 Å². The number of ether oxygens (including phenoxy) is 1. The van der Waals surface area contributed by atoms with Gasteiger partial charge in [-0.25, -0.2) is 0 Å². The third-order valence-electron chi connectivity index (χ3n) is 3.27. The van der Waals surface area contributed by atoms with E-state index in [1.54, 1.807) is 0 Å². The fraction of sp³-hybridized carbons (Fsp3) is 0.818. The Bertz CT molecular complexity index is 282. The lowest BCUT2D eigenvalue weighted by molar-refractivity contribution is -0.171. The highest BCUT2D eigenvalue weighted by molar-refractivity contribution is 6.02. The maximum atomic E-state index is 11.9. The zero-order chi connectivity index (χ0) is 11.7. The third-order valence-corrected chi connectivity index (χ3v) is 3.27. The molecule has 2 bridgehead atoms. The van der Waals surface area contributed by atoms with Crippen molar-refractivity contribution < 1.29 is 19.4 Å². The fourth-order valence-corrected chi connectivity index (χ4v) is 2.37. The van der Waals surface area contributed by atoms with Crippen LogP contribution in [0.3, 0.4) is 0 Å². The van der Waals surface area contributed by atoms with E-state index in [1.165, 1.54) is 4.90 Å². The van der Waals surface area contributed by atoms with Crippen molar-refractivity contribution in [2.24, 2.45) is 0 Å². The summed E-state index contributed by atoms with van der Waals surface area (Å²) in [6.45, 7) is 1.93. The molecule has 2 aliphatic heterocycles. The van der Waals surface area contributed by atoms with E-state index in [4.69, 9.17) is 9.84 Å². The molecule has 0 spiro atoms. The first-order chi connectivity index (χ1) is 7.65. The van der Waals surface area contributed by atoms with Crippen LogP contribution in [-0.4, -0.2) is 46.7 Å². The molecule has 0 aromatic carbocycles. The first-order valence-electron chi connectivity index (χ1n) is 5.78. The van der Waals surface area contributed by atoms with Crippen molar-refractivity contribution in [1.29, 1.82) is 0 Å². The minimum atomic E-state index is -0.417. The second-order valence-electron chi connectivity index (χ2n) is 4.45. The molecule has 0 aromatic rings. The van der Waals surface area contributed by atoms with Crippen molar-refractivity contribution in [2.75, 3.05) is 6.61 Å². The Morgan fingerprint density at radius 1 is 1.38 bits per heavy atom. The number of nitrogens with zero attached hydrogens (tertiary/aromatic N) is 1. The molecular weight excluding hydrogens is 210 g/mol. The summed E-state index contributed by atoms with van der Waals surface area (Å²) in [6.07, 6.45) is 1.72. The number of carbonyl (C=O) groups excluding carboxylic acids is 2. The average molecular weight is 227 g/mol. The third kappa shape index (κ3) is 1.85. The molecular formula is C11H17NO4. The number of morpholine rings is 1. The van der Waals surface area contributed by atoms with E-state index in [9.17, 15) is 9.59 Å². The lowest BCUT2D eigenvalue weighted by Gasteiger charge is -2.34. The Morgan fingerprint density at radius 2 is 1.94 bits per heavy atom. The van der Waals surface area contributed by atoms with E-state index < -0.39 is 12.2 Å². The summed E-state index contributed by atoms with van der Waals surface area (Å²) in [4.78, 5) is 25.2. The second-order valence-corrected chi connectivity index (χ2v) is 4.45. The Balaban J connectivity index is 2.07. The van der Waals surface area contributed by atoms with Gasteiger partial charge in [0, 0.05) is 12.6 Å². The summed E-state index contributed by atoms with van der Waals surface area (Å²) < 4.78 is 5.32. The van der Waals surface area contributed by atoms with Crippen LogP contribution in [-0.2, 0) is 14.3 Å². The van der Waals surface area contributed by atoms with E-state index in [-0.39, 0.29) is 24.5 Å². The number of amides is 2. The van der Waals surface area contributed by atoms with Crippen LogP contribution in [0.2, 0.25) is 0 Å². The highest BCUT2D eigenvalue weighted by atomic mass is 16.5.